The molecule has 0 aromatic carbocycles. The molecule has 1 aliphatic rings. The van der Waals surface area contributed by atoms with Crippen molar-refractivity contribution >= 4 is 0 Å². The van der Waals surface area contributed by atoms with Crippen LogP contribution in [0.1, 0.15) is 39.2 Å². The van der Waals surface area contributed by atoms with Crippen molar-refractivity contribution < 1.29 is 14.6 Å². The van der Waals surface area contributed by atoms with Crippen molar-refractivity contribution in [2.24, 2.45) is 0 Å². The van der Waals surface area contributed by atoms with Crippen molar-refractivity contribution in [2.75, 3.05) is 6.61 Å². The second kappa shape index (κ2) is 5.24. The Balaban J connectivity index is 2.25. The summed E-state index contributed by atoms with van der Waals surface area (Å²) < 4.78 is 11.1. The summed E-state index contributed by atoms with van der Waals surface area (Å²) in [6.07, 6.45) is 4.67. The molecule has 0 bridgehead atoms. The minimum absolute atomic E-state index is 0.0505. The Morgan fingerprint density at radius 1 is 1.39 bits per heavy atom. The predicted octanol–water partition coefficient (Wildman–Crippen LogP) is 2.26. The Labute approximate surface area is 108 Å². The Bertz CT molecular complexity index is 398. The number of hydrogen-bond acceptors (Lipinski definition) is 4. The van der Waals surface area contributed by atoms with Crippen molar-refractivity contribution in [2.45, 2.75) is 51.4 Å². The van der Waals surface area contributed by atoms with E-state index in [0.29, 0.717) is 25.2 Å². The summed E-state index contributed by atoms with van der Waals surface area (Å²) in [6, 6.07) is 1.88. The van der Waals surface area contributed by atoms with Crippen molar-refractivity contribution in [3.05, 3.63) is 24.0 Å². The third kappa shape index (κ3) is 2.82. The summed E-state index contributed by atoms with van der Waals surface area (Å²) in [5, 5.41) is 10.8. The van der Waals surface area contributed by atoms with Crippen LogP contribution >= 0.6 is 0 Å². The first-order valence-corrected chi connectivity index (χ1v) is 6.49. The molecule has 0 spiro atoms. The summed E-state index contributed by atoms with van der Waals surface area (Å²) in [5.74, 6) is 0.704. The molecule has 1 N–H and O–H groups in total. The van der Waals surface area contributed by atoms with Gasteiger partial charge in [-0.2, -0.15) is 0 Å². The van der Waals surface area contributed by atoms with Gasteiger partial charge in [0, 0.05) is 24.6 Å². The zero-order valence-corrected chi connectivity index (χ0v) is 11.2. The molecule has 0 radical (unpaired) electrons. The van der Waals surface area contributed by atoms with Gasteiger partial charge < -0.3 is 14.6 Å². The highest BCUT2D eigenvalue weighted by Crippen LogP contribution is 2.37. The first-order chi connectivity index (χ1) is 8.53. The molecular formula is C14H21NO3. The lowest BCUT2D eigenvalue weighted by atomic mass is 9.82. The van der Waals surface area contributed by atoms with Crippen LogP contribution < -0.4 is 4.74 Å². The van der Waals surface area contributed by atoms with E-state index in [0.717, 1.165) is 5.56 Å². The van der Waals surface area contributed by atoms with Gasteiger partial charge in [0.25, 0.3) is 0 Å². The third-order valence-corrected chi connectivity index (χ3v) is 3.28. The average molecular weight is 251 g/mol. The molecule has 4 nitrogen and oxygen atoms in total. The third-order valence-electron chi connectivity index (χ3n) is 3.28. The monoisotopic (exact) mass is 251 g/mol. The molecule has 2 rings (SSSR count). The van der Waals surface area contributed by atoms with Gasteiger partial charge >= 0.3 is 0 Å². The molecule has 4 heteroatoms. The van der Waals surface area contributed by atoms with E-state index in [1.807, 2.05) is 26.8 Å². The topological polar surface area (TPSA) is 51.6 Å². The van der Waals surface area contributed by atoms with Gasteiger partial charge in [0.1, 0.15) is 5.75 Å². The molecule has 1 aromatic rings. The number of ether oxygens (including phenoxy) is 2. The fourth-order valence-electron chi connectivity index (χ4n) is 2.68. The van der Waals surface area contributed by atoms with Gasteiger partial charge in [-0.25, -0.2) is 0 Å². The van der Waals surface area contributed by atoms with E-state index in [4.69, 9.17) is 9.47 Å². The van der Waals surface area contributed by atoms with Gasteiger partial charge in [0.05, 0.1) is 30.6 Å². The fraction of sp³-hybridized carbons (Fsp3) is 0.643. The van der Waals surface area contributed by atoms with Crippen LogP contribution in [-0.2, 0) is 10.3 Å². The fourth-order valence-corrected chi connectivity index (χ4v) is 2.68. The highest BCUT2D eigenvalue weighted by molar-refractivity contribution is 5.28. The molecule has 2 heterocycles. The lowest BCUT2D eigenvalue weighted by Crippen LogP contribution is -2.41. The van der Waals surface area contributed by atoms with Crippen molar-refractivity contribution in [1.29, 1.82) is 0 Å². The normalized spacial score (nSPS) is 32.2. The van der Waals surface area contributed by atoms with Gasteiger partial charge in [-0.3, -0.25) is 4.98 Å². The first-order valence-electron chi connectivity index (χ1n) is 6.49. The lowest BCUT2D eigenvalue weighted by Gasteiger charge is -2.39. The molecule has 100 valence electrons. The zero-order valence-electron chi connectivity index (χ0n) is 11.2. The highest BCUT2D eigenvalue weighted by atomic mass is 16.5. The molecule has 2 unspecified atom stereocenters. The maximum atomic E-state index is 10.8. The van der Waals surface area contributed by atoms with Gasteiger partial charge in [-0.05, 0) is 26.8 Å². The van der Waals surface area contributed by atoms with Crippen LogP contribution in [0.15, 0.2) is 18.5 Å². The first kappa shape index (κ1) is 13.3. The molecule has 0 aliphatic carbocycles. The number of rotatable bonds is 3. The van der Waals surface area contributed by atoms with E-state index in [1.54, 1.807) is 12.4 Å². The van der Waals surface area contributed by atoms with E-state index in [9.17, 15) is 5.11 Å². The number of hydrogen-bond donors (Lipinski definition) is 1. The number of nitrogens with zero attached hydrogens (tertiary/aromatic N) is 1. The lowest BCUT2D eigenvalue weighted by molar-refractivity contribution is -0.136. The second-order valence-corrected chi connectivity index (χ2v) is 5.04. The molecule has 1 aliphatic heterocycles. The summed E-state index contributed by atoms with van der Waals surface area (Å²) in [4.78, 5) is 4.15. The van der Waals surface area contributed by atoms with Gasteiger partial charge in [0.2, 0.25) is 0 Å². The highest BCUT2D eigenvalue weighted by Gasteiger charge is 2.38. The molecule has 1 aromatic heterocycles. The predicted molar refractivity (Wildman–Crippen MR) is 68.5 cm³/mol. The summed E-state index contributed by atoms with van der Waals surface area (Å²) in [5.41, 5.74) is -0.0487. The molecular weight excluding hydrogens is 230 g/mol. The summed E-state index contributed by atoms with van der Waals surface area (Å²) >= 11 is 0. The maximum absolute atomic E-state index is 10.8. The number of aliphatic hydroxyl groups is 1. The van der Waals surface area contributed by atoms with Gasteiger partial charge in [0.15, 0.2) is 0 Å². The zero-order chi connectivity index (χ0) is 13.2. The molecule has 0 saturated carbocycles. The van der Waals surface area contributed by atoms with Crippen LogP contribution in [0.2, 0.25) is 0 Å². The Morgan fingerprint density at radius 2 is 2.06 bits per heavy atom. The SMILES string of the molecule is CCOc1cncc(C2(O)CC(C)OC(C)C2)c1. The van der Waals surface area contributed by atoms with Crippen LogP contribution in [-0.4, -0.2) is 28.9 Å². The maximum Gasteiger partial charge on any atom is 0.137 e. The number of aromatic nitrogens is 1. The molecule has 0 amide bonds. The quantitative estimate of drug-likeness (QED) is 0.895. The van der Waals surface area contributed by atoms with E-state index in [-0.39, 0.29) is 12.2 Å². The van der Waals surface area contributed by atoms with E-state index in [1.165, 1.54) is 0 Å². The van der Waals surface area contributed by atoms with E-state index >= 15 is 0 Å². The summed E-state index contributed by atoms with van der Waals surface area (Å²) in [7, 11) is 0. The van der Waals surface area contributed by atoms with E-state index in [2.05, 4.69) is 4.98 Å². The molecule has 1 saturated heterocycles. The van der Waals surface area contributed by atoms with Crippen LogP contribution in [0, 0.1) is 0 Å². The minimum Gasteiger partial charge on any atom is -0.492 e. The Morgan fingerprint density at radius 3 is 2.67 bits per heavy atom. The van der Waals surface area contributed by atoms with Crippen LogP contribution in [0.25, 0.3) is 0 Å². The van der Waals surface area contributed by atoms with Crippen LogP contribution in [0.3, 0.4) is 0 Å². The molecule has 1 fully saturated rings. The summed E-state index contributed by atoms with van der Waals surface area (Å²) in [6.45, 7) is 6.50. The largest absolute Gasteiger partial charge is 0.492 e. The smallest absolute Gasteiger partial charge is 0.137 e. The van der Waals surface area contributed by atoms with Crippen LogP contribution in [0.4, 0.5) is 0 Å². The van der Waals surface area contributed by atoms with Crippen molar-refractivity contribution in [3.63, 3.8) is 0 Å². The van der Waals surface area contributed by atoms with Crippen molar-refractivity contribution in [3.8, 4) is 5.75 Å². The number of pyridine rings is 1. The Hall–Kier alpha value is -1.13. The minimum atomic E-state index is -0.864. The average Bonchev–Trinajstić information content (AvgIpc) is 2.28. The van der Waals surface area contributed by atoms with Crippen LogP contribution in [0.5, 0.6) is 5.75 Å². The molecule has 2 atom stereocenters. The van der Waals surface area contributed by atoms with E-state index < -0.39 is 5.60 Å². The van der Waals surface area contributed by atoms with Gasteiger partial charge in [-0.15, -0.1) is 0 Å². The standard InChI is InChI=1S/C14H21NO3/c1-4-17-13-5-12(8-15-9-13)14(16)6-10(2)18-11(3)7-14/h5,8-11,16H,4,6-7H2,1-3H3. The molecule has 18 heavy (non-hydrogen) atoms. The Kier molecular flexibility index (Phi) is 3.88. The van der Waals surface area contributed by atoms with Gasteiger partial charge in [-0.1, -0.05) is 0 Å². The second-order valence-electron chi connectivity index (χ2n) is 5.04. The van der Waals surface area contributed by atoms with Crippen molar-refractivity contribution in [1.82, 2.24) is 4.98 Å².